The highest BCUT2D eigenvalue weighted by Gasteiger charge is 2.31. The van der Waals surface area contributed by atoms with Crippen LogP contribution in [-0.2, 0) is 13.0 Å². The summed E-state index contributed by atoms with van der Waals surface area (Å²) in [6.07, 6.45) is 9.10. The van der Waals surface area contributed by atoms with E-state index in [0.717, 1.165) is 35.5 Å². The SMILES string of the molecule is C=[N+]1NC=C2C=c3c(c4cccc(C)c4n4nc5c(c34)CN(c3ncc(Cl)cc3Cl)CC5)=CC21. The molecule has 6 nitrogen and oxygen atoms in total. The average Bonchev–Trinajstić information content (AvgIpc) is 3.38. The minimum atomic E-state index is 0.103. The Morgan fingerprint density at radius 2 is 2.09 bits per heavy atom. The molecule has 0 bridgehead atoms. The predicted octanol–water partition coefficient (Wildman–Crippen LogP) is 3.12. The molecule has 3 aromatic heterocycles. The Morgan fingerprint density at radius 1 is 1.21 bits per heavy atom. The molecule has 168 valence electrons. The Bertz CT molecular complexity index is 1730. The van der Waals surface area contributed by atoms with Gasteiger partial charge in [0.25, 0.3) is 0 Å². The van der Waals surface area contributed by atoms with Gasteiger partial charge in [0.1, 0.15) is 5.82 Å². The maximum Gasteiger partial charge on any atom is 0.227 e. The molecule has 1 atom stereocenters. The lowest BCUT2D eigenvalue weighted by molar-refractivity contribution is -0.571. The lowest BCUT2D eigenvalue weighted by Crippen LogP contribution is -2.38. The van der Waals surface area contributed by atoms with Crippen LogP contribution < -0.4 is 20.8 Å². The fourth-order valence-corrected chi connectivity index (χ4v) is 6.03. The number of aromatic nitrogens is 3. The monoisotopic (exact) mass is 487 g/mol. The molecule has 5 heterocycles. The van der Waals surface area contributed by atoms with Gasteiger partial charge in [-0.3, -0.25) is 0 Å². The molecule has 8 heteroatoms. The van der Waals surface area contributed by atoms with Crippen LogP contribution in [0.25, 0.3) is 28.6 Å². The number of hydrogen-bond acceptors (Lipinski definition) is 4. The molecule has 3 aliphatic rings. The van der Waals surface area contributed by atoms with E-state index in [9.17, 15) is 0 Å². The van der Waals surface area contributed by atoms with Crippen molar-refractivity contribution in [2.75, 3.05) is 11.4 Å². The third-order valence-electron chi connectivity index (χ3n) is 7.12. The lowest BCUT2D eigenvalue weighted by atomic mass is 9.95. The minimum absolute atomic E-state index is 0.103. The van der Waals surface area contributed by atoms with Crippen molar-refractivity contribution in [3.63, 3.8) is 0 Å². The van der Waals surface area contributed by atoms with E-state index in [0.29, 0.717) is 16.6 Å². The molecule has 0 fully saturated rings. The normalized spacial score (nSPS) is 18.7. The van der Waals surface area contributed by atoms with E-state index in [1.165, 1.54) is 32.5 Å². The fraction of sp³-hybridized carbons (Fsp3) is 0.192. The number of anilines is 1. The minimum Gasteiger partial charge on any atom is -0.351 e. The zero-order valence-corrected chi connectivity index (χ0v) is 20.0. The standard InChI is InChI=1S/C26H21Cl2N6/c1-14-4-3-5-17-18-10-23-15(11-30-32(23)2)8-19(18)25-20-13-33(26-21(28)9-16(27)12-29-26)7-6-22(20)31-34(25)24(14)17/h3-5,8-12,23,30H,2,6-7,13H2,1H3/q+1. The van der Waals surface area contributed by atoms with Crippen molar-refractivity contribution < 1.29 is 4.68 Å². The zero-order chi connectivity index (χ0) is 23.1. The molecule has 1 aromatic carbocycles. The number of pyridine rings is 2. The smallest absolute Gasteiger partial charge is 0.227 e. The zero-order valence-electron chi connectivity index (χ0n) is 18.5. The maximum absolute atomic E-state index is 6.53. The second-order valence-corrected chi connectivity index (χ2v) is 9.96. The van der Waals surface area contributed by atoms with Crippen molar-refractivity contribution in [3.05, 3.63) is 79.5 Å². The summed E-state index contributed by atoms with van der Waals surface area (Å²) < 4.78 is 4.05. The molecule has 1 N–H and O–H groups in total. The van der Waals surface area contributed by atoms with Crippen molar-refractivity contribution >= 4 is 64.3 Å². The summed E-state index contributed by atoms with van der Waals surface area (Å²) in [5, 5.41) is 9.88. The molecule has 7 rings (SSSR count). The van der Waals surface area contributed by atoms with Gasteiger partial charge >= 0.3 is 0 Å². The number of hydrazone groups is 1. The maximum atomic E-state index is 6.53. The van der Waals surface area contributed by atoms with Crippen LogP contribution in [0.3, 0.4) is 0 Å². The number of nitrogens with one attached hydrogen (secondary N) is 1. The van der Waals surface area contributed by atoms with Crippen LogP contribution in [0.2, 0.25) is 10.0 Å². The van der Waals surface area contributed by atoms with E-state index < -0.39 is 0 Å². The highest BCUT2D eigenvalue weighted by molar-refractivity contribution is 6.36. The lowest BCUT2D eigenvalue weighted by Gasteiger charge is -2.28. The van der Waals surface area contributed by atoms with E-state index >= 15 is 0 Å². The summed E-state index contributed by atoms with van der Waals surface area (Å²) in [5.74, 6) is 0.757. The first-order valence-corrected chi connectivity index (χ1v) is 12.0. The molecule has 2 aliphatic heterocycles. The van der Waals surface area contributed by atoms with Gasteiger partial charge in [0.2, 0.25) is 6.04 Å². The van der Waals surface area contributed by atoms with Gasteiger partial charge in [0.05, 0.1) is 33.0 Å². The summed E-state index contributed by atoms with van der Waals surface area (Å²) >= 11 is 12.6. The summed E-state index contributed by atoms with van der Waals surface area (Å²) in [7, 11) is 0. The van der Waals surface area contributed by atoms with Gasteiger partial charge in [-0.05, 0) is 35.9 Å². The number of halogens is 2. The van der Waals surface area contributed by atoms with Crippen molar-refractivity contribution in [1.82, 2.24) is 20.0 Å². The summed E-state index contributed by atoms with van der Waals surface area (Å²) in [6, 6.07) is 8.33. The second-order valence-electron chi connectivity index (χ2n) is 9.11. The topological polar surface area (TPSA) is 48.5 Å². The number of benzene rings is 1. The van der Waals surface area contributed by atoms with E-state index in [1.54, 1.807) is 12.3 Å². The van der Waals surface area contributed by atoms with Gasteiger partial charge in [0.15, 0.2) is 6.72 Å². The van der Waals surface area contributed by atoms with Crippen LogP contribution in [-0.4, -0.2) is 38.6 Å². The number of hydrogen-bond donors (Lipinski definition) is 1. The van der Waals surface area contributed by atoms with E-state index in [4.69, 9.17) is 28.3 Å². The third kappa shape index (κ3) is 2.73. The van der Waals surface area contributed by atoms with Gasteiger partial charge < -0.3 is 4.90 Å². The summed E-state index contributed by atoms with van der Waals surface area (Å²) in [6.45, 7) is 7.78. The number of rotatable bonds is 1. The highest BCUT2D eigenvalue weighted by Crippen LogP contribution is 2.32. The Balaban J connectivity index is 1.54. The van der Waals surface area contributed by atoms with Crippen molar-refractivity contribution in [3.8, 4) is 0 Å². The van der Waals surface area contributed by atoms with Gasteiger partial charge in [-0.2, -0.15) is 10.5 Å². The van der Waals surface area contributed by atoms with Gasteiger partial charge in [-0.15, -0.1) is 4.68 Å². The number of para-hydroxylation sites is 1. The molecule has 0 spiro atoms. The Hall–Kier alpha value is -3.35. The Kier molecular flexibility index (Phi) is 4.17. The van der Waals surface area contributed by atoms with Crippen LogP contribution in [0.1, 0.15) is 16.8 Å². The van der Waals surface area contributed by atoms with Crippen LogP contribution in [0.15, 0.2) is 42.2 Å². The molecular weight excluding hydrogens is 467 g/mol. The molecule has 0 amide bonds. The van der Waals surface area contributed by atoms with Gasteiger partial charge in [-0.1, -0.05) is 41.4 Å². The van der Waals surface area contributed by atoms with Crippen LogP contribution >= 0.6 is 23.2 Å². The number of fused-ring (bicyclic) bond motifs is 9. The fourth-order valence-electron chi connectivity index (χ4n) is 5.53. The molecule has 4 aromatic rings. The van der Waals surface area contributed by atoms with Crippen molar-refractivity contribution in [1.29, 1.82) is 0 Å². The third-order valence-corrected chi connectivity index (χ3v) is 7.60. The quantitative estimate of drug-likeness (QED) is 0.419. The predicted molar refractivity (Wildman–Crippen MR) is 137 cm³/mol. The second kappa shape index (κ2) is 7.08. The molecule has 0 saturated carbocycles. The van der Waals surface area contributed by atoms with E-state index in [-0.39, 0.29) is 6.04 Å². The van der Waals surface area contributed by atoms with E-state index in [2.05, 4.69) is 63.8 Å². The molecule has 34 heavy (non-hydrogen) atoms. The first kappa shape index (κ1) is 20.1. The van der Waals surface area contributed by atoms with E-state index in [1.807, 2.05) is 10.9 Å². The van der Waals surface area contributed by atoms with Crippen LogP contribution in [0.5, 0.6) is 0 Å². The molecule has 1 aliphatic carbocycles. The first-order valence-electron chi connectivity index (χ1n) is 11.3. The Labute approximate surface area is 205 Å². The molecule has 0 radical (unpaired) electrons. The van der Waals surface area contributed by atoms with Crippen molar-refractivity contribution in [2.24, 2.45) is 0 Å². The largest absolute Gasteiger partial charge is 0.351 e. The summed E-state index contributed by atoms with van der Waals surface area (Å²) in [4.78, 5) is 6.76. The van der Waals surface area contributed by atoms with Crippen molar-refractivity contribution in [2.45, 2.75) is 25.9 Å². The number of nitrogens with zero attached hydrogens (tertiary/aromatic N) is 5. The average molecular weight is 488 g/mol. The number of hydrazine groups is 1. The Morgan fingerprint density at radius 3 is 2.94 bits per heavy atom. The van der Waals surface area contributed by atoms with Crippen LogP contribution in [0.4, 0.5) is 5.82 Å². The molecular formula is C26H21Cl2N6+. The highest BCUT2D eigenvalue weighted by atomic mass is 35.5. The molecule has 0 saturated heterocycles. The van der Waals surface area contributed by atoms with Gasteiger partial charge in [0, 0.05) is 47.4 Å². The van der Waals surface area contributed by atoms with Crippen LogP contribution in [0, 0.1) is 6.92 Å². The number of aryl methyl sites for hydroxylation is 1. The summed E-state index contributed by atoms with van der Waals surface area (Å²) in [5.41, 5.74) is 10.3. The first-order chi connectivity index (χ1) is 16.5. The molecule has 1 unspecified atom stereocenters. The van der Waals surface area contributed by atoms with Gasteiger partial charge in [-0.25, -0.2) is 9.50 Å².